The fourth-order valence-electron chi connectivity index (χ4n) is 4.24. The molecule has 28 heavy (non-hydrogen) atoms. The first kappa shape index (κ1) is 18.8. The van der Waals surface area contributed by atoms with Gasteiger partial charge in [-0.15, -0.1) is 0 Å². The standard InChI is InChI=1S/C21H22F3N3O/c1-15-5-6-16(12-25-15)19(28)27-10-8-21(23,24)20(14-27)7-9-26(13-20)18-4-2-3-17(22)11-18/h2-6,11-12H,7-10,13-14H2,1H3. The van der Waals surface area contributed by atoms with Crippen LogP contribution in [0.2, 0.25) is 0 Å². The van der Waals surface area contributed by atoms with Gasteiger partial charge in [0.05, 0.1) is 11.0 Å². The van der Waals surface area contributed by atoms with E-state index in [0.29, 0.717) is 17.8 Å². The van der Waals surface area contributed by atoms with Crippen molar-refractivity contribution in [2.75, 3.05) is 31.1 Å². The molecule has 3 heterocycles. The molecule has 0 saturated carbocycles. The van der Waals surface area contributed by atoms with Crippen molar-refractivity contribution in [3.05, 3.63) is 59.7 Å². The van der Waals surface area contributed by atoms with Crippen LogP contribution in [-0.2, 0) is 0 Å². The van der Waals surface area contributed by atoms with Crippen LogP contribution in [0.5, 0.6) is 0 Å². The lowest BCUT2D eigenvalue weighted by Gasteiger charge is -2.46. The Labute approximate surface area is 162 Å². The minimum Gasteiger partial charge on any atom is -0.371 e. The summed E-state index contributed by atoms with van der Waals surface area (Å²) in [5.74, 6) is -3.54. The summed E-state index contributed by atoms with van der Waals surface area (Å²) < 4.78 is 43.5. The van der Waals surface area contributed by atoms with Crippen molar-refractivity contribution in [1.29, 1.82) is 0 Å². The van der Waals surface area contributed by atoms with Gasteiger partial charge in [0, 0.05) is 50.2 Å². The van der Waals surface area contributed by atoms with Crippen molar-refractivity contribution in [3.63, 3.8) is 0 Å². The topological polar surface area (TPSA) is 36.4 Å². The zero-order valence-corrected chi connectivity index (χ0v) is 15.7. The number of nitrogens with zero attached hydrogens (tertiary/aromatic N) is 3. The second-order valence-corrected chi connectivity index (χ2v) is 7.80. The van der Waals surface area contributed by atoms with E-state index in [9.17, 15) is 18.0 Å². The lowest BCUT2D eigenvalue weighted by molar-refractivity contribution is -0.150. The molecule has 2 saturated heterocycles. The third-order valence-corrected chi connectivity index (χ3v) is 5.94. The van der Waals surface area contributed by atoms with Crippen LogP contribution in [0.4, 0.5) is 18.9 Å². The van der Waals surface area contributed by atoms with Gasteiger partial charge in [-0.3, -0.25) is 9.78 Å². The average Bonchev–Trinajstić information content (AvgIpc) is 3.10. The van der Waals surface area contributed by atoms with Gasteiger partial charge < -0.3 is 9.80 Å². The van der Waals surface area contributed by atoms with E-state index in [0.717, 1.165) is 5.69 Å². The van der Waals surface area contributed by atoms with E-state index >= 15 is 0 Å². The largest absolute Gasteiger partial charge is 0.371 e. The highest BCUT2D eigenvalue weighted by molar-refractivity contribution is 5.94. The number of halogens is 3. The molecular formula is C21H22F3N3O. The van der Waals surface area contributed by atoms with Gasteiger partial charge in [0.1, 0.15) is 5.82 Å². The molecule has 2 aliphatic rings. The Hall–Kier alpha value is -2.57. The van der Waals surface area contributed by atoms with Crippen molar-refractivity contribution in [2.24, 2.45) is 5.41 Å². The summed E-state index contributed by atoms with van der Waals surface area (Å²) in [6.07, 6.45) is 1.38. The van der Waals surface area contributed by atoms with E-state index in [2.05, 4.69) is 4.98 Å². The minimum atomic E-state index is -2.88. The highest BCUT2D eigenvalue weighted by atomic mass is 19.3. The summed E-state index contributed by atoms with van der Waals surface area (Å²) in [6, 6.07) is 9.42. The van der Waals surface area contributed by atoms with Gasteiger partial charge in [0.25, 0.3) is 11.8 Å². The number of hydrogen-bond donors (Lipinski definition) is 0. The molecule has 1 aromatic heterocycles. The van der Waals surface area contributed by atoms with Crippen molar-refractivity contribution < 1.29 is 18.0 Å². The van der Waals surface area contributed by atoms with Crippen molar-refractivity contribution in [2.45, 2.75) is 25.7 Å². The number of aryl methyl sites for hydroxylation is 1. The monoisotopic (exact) mass is 389 g/mol. The molecule has 0 N–H and O–H groups in total. The number of anilines is 1. The molecule has 1 unspecified atom stereocenters. The number of rotatable bonds is 2. The van der Waals surface area contributed by atoms with Crippen LogP contribution in [-0.4, -0.2) is 47.9 Å². The van der Waals surface area contributed by atoms with Crippen LogP contribution in [0.15, 0.2) is 42.6 Å². The lowest BCUT2D eigenvalue weighted by atomic mass is 9.75. The summed E-state index contributed by atoms with van der Waals surface area (Å²) in [5, 5.41) is 0. The number of pyridine rings is 1. The number of likely N-dealkylation sites (tertiary alicyclic amines) is 1. The van der Waals surface area contributed by atoms with E-state index < -0.39 is 17.2 Å². The molecule has 7 heteroatoms. The van der Waals surface area contributed by atoms with Crippen molar-refractivity contribution in [1.82, 2.24) is 9.88 Å². The predicted octanol–water partition coefficient (Wildman–Crippen LogP) is 3.91. The number of carbonyl (C=O) groups excluding carboxylic acids is 1. The molecule has 0 aliphatic carbocycles. The smallest absolute Gasteiger partial charge is 0.258 e. The number of carbonyl (C=O) groups is 1. The first-order valence-electron chi connectivity index (χ1n) is 9.40. The molecule has 1 amide bonds. The zero-order chi connectivity index (χ0) is 19.9. The second-order valence-electron chi connectivity index (χ2n) is 7.80. The van der Waals surface area contributed by atoms with Gasteiger partial charge >= 0.3 is 0 Å². The number of alkyl halides is 2. The summed E-state index contributed by atoms with van der Waals surface area (Å²) in [7, 11) is 0. The molecular weight excluding hydrogens is 367 g/mol. The Morgan fingerprint density at radius 2 is 1.93 bits per heavy atom. The van der Waals surface area contributed by atoms with E-state index in [4.69, 9.17) is 0 Å². The molecule has 2 aliphatic heterocycles. The Balaban J connectivity index is 1.57. The Morgan fingerprint density at radius 1 is 1.11 bits per heavy atom. The van der Waals surface area contributed by atoms with Gasteiger partial charge in [-0.1, -0.05) is 6.07 Å². The molecule has 4 nitrogen and oxygen atoms in total. The molecule has 1 aromatic carbocycles. The highest BCUT2D eigenvalue weighted by Crippen LogP contribution is 2.50. The van der Waals surface area contributed by atoms with Crippen LogP contribution >= 0.6 is 0 Å². The molecule has 0 bridgehead atoms. The number of amides is 1. The summed E-state index contributed by atoms with van der Waals surface area (Å²) >= 11 is 0. The predicted molar refractivity (Wildman–Crippen MR) is 100 cm³/mol. The van der Waals surface area contributed by atoms with Gasteiger partial charge in [-0.2, -0.15) is 0 Å². The van der Waals surface area contributed by atoms with Gasteiger partial charge in [-0.25, -0.2) is 13.2 Å². The van der Waals surface area contributed by atoms with E-state index in [1.807, 2.05) is 6.92 Å². The average molecular weight is 389 g/mol. The number of aromatic nitrogens is 1. The summed E-state index contributed by atoms with van der Waals surface area (Å²) in [4.78, 5) is 20.3. The fourth-order valence-corrected chi connectivity index (χ4v) is 4.24. The summed E-state index contributed by atoms with van der Waals surface area (Å²) in [6.45, 7) is 2.33. The highest BCUT2D eigenvalue weighted by Gasteiger charge is 2.60. The van der Waals surface area contributed by atoms with E-state index in [1.54, 1.807) is 29.2 Å². The minimum absolute atomic E-state index is 0.0153. The number of benzene rings is 1. The molecule has 2 fully saturated rings. The first-order chi connectivity index (χ1) is 13.3. The van der Waals surface area contributed by atoms with Crippen molar-refractivity contribution >= 4 is 11.6 Å². The van der Waals surface area contributed by atoms with Gasteiger partial charge in [0.15, 0.2) is 0 Å². The fraction of sp³-hybridized carbons (Fsp3) is 0.429. The normalized spacial score (nSPS) is 24.0. The van der Waals surface area contributed by atoms with Crippen LogP contribution in [0.1, 0.15) is 28.9 Å². The lowest BCUT2D eigenvalue weighted by Crippen LogP contribution is -2.58. The third-order valence-electron chi connectivity index (χ3n) is 5.94. The number of piperidine rings is 1. The van der Waals surface area contributed by atoms with Crippen LogP contribution in [0, 0.1) is 18.2 Å². The van der Waals surface area contributed by atoms with Crippen molar-refractivity contribution in [3.8, 4) is 0 Å². The Kier molecular flexibility index (Phi) is 4.56. The maximum Gasteiger partial charge on any atom is 0.258 e. The maximum absolute atomic E-state index is 15.0. The third kappa shape index (κ3) is 3.23. The van der Waals surface area contributed by atoms with Crippen LogP contribution < -0.4 is 4.90 Å². The van der Waals surface area contributed by atoms with Gasteiger partial charge in [-0.05, 0) is 43.7 Å². The summed E-state index contributed by atoms with van der Waals surface area (Å²) in [5.41, 5.74) is 0.468. The molecule has 1 atom stereocenters. The molecule has 1 spiro atoms. The Morgan fingerprint density at radius 3 is 2.64 bits per heavy atom. The zero-order valence-electron chi connectivity index (χ0n) is 15.7. The van der Waals surface area contributed by atoms with Crippen LogP contribution in [0.25, 0.3) is 0 Å². The maximum atomic E-state index is 15.0. The van der Waals surface area contributed by atoms with E-state index in [1.165, 1.54) is 23.2 Å². The second kappa shape index (κ2) is 6.79. The van der Waals surface area contributed by atoms with E-state index in [-0.39, 0.29) is 38.4 Å². The molecule has 148 valence electrons. The first-order valence-corrected chi connectivity index (χ1v) is 9.40. The SMILES string of the molecule is Cc1ccc(C(=O)N2CCC(F)(F)C3(CCN(c4cccc(F)c4)C3)C2)cn1. The van der Waals surface area contributed by atoms with Gasteiger partial charge in [0.2, 0.25) is 0 Å². The quantitative estimate of drug-likeness (QED) is 0.782. The molecule has 0 radical (unpaired) electrons. The van der Waals surface area contributed by atoms with Crippen LogP contribution in [0.3, 0.4) is 0 Å². The molecule has 2 aromatic rings. The number of hydrogen-bond acceptors (Lipinski definition) is 3. The Bertz CT molecular complexity index is 887. The molecule has 4 rings (SSSR count).